The Morgan fingerprint density at radius 2 is 1.76 bits per heavy atom. The van der Waals surface area contributed by atoms with Crippen LogP contribution >= 0.6 is 0 Å². The number of nitrogens with zero attached hydrogens (tertiary/aromatic N) is 2. The van der Waals surface area contributed by atoms with Crippen molar-refractivity contribution in [2.24, 2.45) is 0 Å². The van der Waals surface area contributed by atoms with Gasteiger partial charge >= 0.3 is 6.09 Å². The number of anilines is 2. The molecule has 1 N–H and O–H groups in total. The van der Waals surface area contributed by atoms with Gasteiger partial charge in [-0.05, 0) is 58.4 Å². The molecule has 4 rings (SSSR count). The van der Waals surface area contributed by atoms with Crippen molar-refractivity contribution in [1.82, 2.24) is 0 Å². The molecule has 2 aromatic rings. The number of ether oxygens (including phenoxy) is 3. The minimum Gasteiger partial charge on any atom is -0.444 e. The topological polar surface area (TPSA) is 103 Å². The third kappa shape index (κ3) is 5.13. The van der Waals surface area contributed by atoms with E-state index in [1.807, 2.05) is 18.7 Å². The van der Waals surface area contributed by atoms with Gasteiger partial charge in [0.1, 0.15) is 29.3 Å². The first-order valence-corrected chi connectivity index (χ1v) is 11.0. The summed E-state index contributed by atoms with van der Waals surface area (Å²) in [7, 11) is 0. The van der Waals surface area contributed by atoms with Gasteiger partial charge in [0.15, 0.2) is 5.79 Å². The molecule has 34 heavy (non-hydrogen) atoms. The number of carbonyl (C=O) groups excluding carboxylic acids is 1. The number of amides is 1. The molecule has 9 nitrogen and oxygen atoms in total. The van der Waals surface area contributed by atoms with E-state index in [2.05, 4.69) is 5.32 Å². The smallest absolute Gasteiger partial charge is 0.412 e. The number of nitrogens with one attached hydrogen (secondary N) is 1. The fourth-order valence-corrected chi connectivity index (χ4v) is 4.29. The summed E-state index contributed by atoms with van der Waals surface area (Å²) >= 11 is 0. The lowest BCUT2D eigenvalue weighted by Gasteiger charge is -2.27. The first-order valence-electron chi connectivity index (χ1n) is 11.0. The van der Waals surface area contributed by atoms with E-state index >= 15 is 0 Å². The van der Waals surface area contributed by atoms with Crippen LogP contribution in [-0.2, 0) is 14.2 Å². The zero-order chi connectivity index (χ0) is 24.8. The lowest BCUT2D eigenvalue weighted by Crippen LogP contribution is -2.30. The molecule has 10 heteroatoms. The van der Waals surface area contributed by atoms with Gasteiger partial charge in [-0.3, -0.25) is 15.4 Å². The van der Waals surface area contributed by atoms with Crippen molar-refractivity contribution in [3.63, 3.8) is 0 Å². The second kappa shape index (κ2) is 8.52. The maximum absolute atomic E-state index is 13.6. The predicted molar refractivity (Wildman–Crippen MR) is 124 cm³/mol. The number of nitro groups is 1. The molecule has 0 spiro atoms. The van der Waals surface area contributed by atoms with Crippen LogP contribution in [0.3, 0.4) is 0 Å². The highest BCUT2D eigenvalue weighted by Gasteiger charge is 2.47. The Balaban J connectivity index is 1.76. The third-order valence-electron chi connectivity index (χ3n) is 5.53. The first-order chi connectivity index (χ1) is 15.8. The van der Waals surface area contributed by atoms with Crippen molar-refractivity contribution in [2.45, 2.75) is 58.2 Å². The Morgan fingerprint density at radius 3 is 2.29 bits per heavy atom. The van der Waals surface area contributed by atoms with Crippen LogP contribution in [0.25, 0.3) is 11.1 Å². The molecule has 182 valence electrons. The van der Waals surface area contributed by atoms with Gasteiger partial charge in [-0.2, -0.15) is 0 Å². The van der Waals surface area contributed by atoms with Gasteiger partial charge in [0, 0.05) is 30.4 Å². The fourth-order valence-electron chi connectivity index (χ4n) is 4.29. The summed E-state index contributed by atoms with van der Waals surface area (Å²) in [4.78, 5) is 25.7. The minimum absolute atomic E-state index is 0.000613. The Morgan fingerprint density at radius 1 is 1.18 bits per heavy atom. The molecule has 0 saturated carbocycles. The monoisotopic (exact) mass is 473 g/mol. The summed E-state index contributed by atoms with van der Waals surface area (Å²) in [6.07, 6.45) is -1.15. The summed E-state index contributed by atoms with van der Waals surface area (Å²) in [5, 5.41) is 14.4. The van der Waals surface area contributed by atoms with Gasteiger partial charge in [0.2, 0.25) is 0 Å². The second-order valence-corrected chi connectivity index (χ2v) is 9.89. The zero-order valence-corrected chi connectivity index (χ0v) is 19.8. The quantitative estimate of drug-likeness (QED) is 0.487. The molecule has 1 amide bonds. The van der Waals surface area contributed by atoms with Gasteiger partial charge in [-0.1, -0.05) is 12.1 Å². The number of benzene rings is 2. The Hall–Kier alpha value is -3.24. The number of hydrogen-bond acceptors (Lipinski definition) is 7. The molecule has 0 aliphatic carbocycles. The highest BCUT2D eigenvalue weighted by molar-refractivity contribution is 5.93. The highest BCUT2D eigenvalue weighted by atomic mass is 19.1. The molecule has 2 aromatic carbocycles. The molecule has 2 saturated heterocycles. The third-order valence-corrected chi connectivity index (χ3v) is 5.53. The maximum Gasteiger partial charge on any atom is 0.412 e. The Labute approximate surface area is 196 Å². The summed E-state index contributed by atoms with van der Waals surface area (Å²) in [5.74, 6) is -1.09. The second-order valence-electron chi connectivity index (χ2n) is 9.89. The minimum atomic E-state index is -0.803. The maximum atomic E-state index is 13.6. The van der Waals surface area contributed by atoms with E-state index in [9.17, 15) is 19.3 Å². The summed E-state index contributed by atoms with van der Waals surface area (Å²) in [6.45, 7) is 9.80. The van der Waals surface area contributed by atoms with E-state index in [4.69, 9.17) is 14.2 Å². The van der Waals surface area contributed by atoms with Gasteiger partial charge in [0.25, 0.3) is 5.69 Å². The van der Waals surface area contributed by atoms with E-state index in [1.165, 1.54) is 18.2 Å². The van der Waals surface area contributed by atoms with Crippen molar-refractivity contribution in [3.05, 3.63) is 52.3 Å². The first kappa shape index (κ1) is 23.9. The molecule has 2 heterocycles. The Bertz CT molecular complexity index is 1100. The SMILES string of the molecule is CC(C)(C)OC(=O)Nc1cc(N2CC3OC(C)(C)OC3C2)c(-c2ccc(F)cc2)cc1[N+](=O)[O-]. The van der Waals surface area contributed by atoms with Crippen molar-refractivity contribution >= 4 is 23.2 Å². The average Bonchev–Trinajstić information content (AvgIpc) is 3.20. The number of halogens is 1. The van der Waals surface area contributed by atoms with Gasteiger partial charge < -0.3 is 19.1 Å². The molecule has 2 atom stereocenters. The molecule has 0 bridgehead atoms. The molecular weight excluding hydrogens is 445 g/mol. The Kier molecular flexibility index (Phi) is 5.99. The van der Waals surface area contributed by atoms with E-state index in [1.54, 1.807) is 39.0 Å². The number of hydrogen-bond donors (Lipinski definition) is 1. The van der Waals surface area contributed by atoms with Crippen molar-refractivity contribution in [3.8, 4) is 11.1 Å². The van der Waals surface area contributed by atoms with Crippen LogP contribution in [0.4, 0.5) is 26.2 Å². The lowest BCUT2D eigenvalue weighted by molar-refractivity contribution is -0.383. The van der Waals surface area contributed by atoms with E-state index in [0.717, 1.165) is 0 Å². The largest absolute Gasteiger partial charge is 0.444 e. The van der Waals surface area contributed by atoms with E-state index in [0.29, 0.717) is 29.9 Å². The van der Waals surface area contributed by atoms with Gasteiger partial charge in [-0.25, -0.2) is 9.18 Å². The van der Waals surface area contributed by atoms with E-state index in [-0.39, 0.29) is 23.6 Å². The van der Waals surface area contributed by atoms with Crippen molar-refractivity contribution in [2.75, 3.05) is 23.3 Å². The predicted octanol–water partition coefficient (Wildman–Crippen LogP) is 5.09. The number of fused-ring (bicyclic) bond motifs is 1. The van der Waals surface area contributed by atoms with Gasteiger partial charge in [-0.15, -0.1) is 0 Å². The number of carbonyl (C=O) groups is 1. The molecule has 2 aliphatic rings. The molecule has 0 radical (unpaired) electrons. The standard InChI is InChI=1S/C24H28FN3O6/c1-23(2,3)34-22(29)26-17-11-18(27-12-20-21(13-27)33-24(4,5)32-20)16(10-19(17)28(30)31)14-6-8-15(25)9-7-14/h6-11,20-21H,12-13H2,1-5H3,(H,26,29). The molecule has 2 aliphatic heterocycles. The lowest BCUT2D eigenvalue weighted by atomic mass is 10.0. The highest BCUT2D eigenvalue weighted by Crippen LogP contribution is 2.43. The molecule has 2 fully saturated rings. The molecular formula is C24H28FN3O6. The molecule has 2 unspecified atom stereocenters. The van der Waals surface area contributed by atoms with Crippen LogP contribution in [0.2, 0.25) is 0 Å². The normalized spacial score (nSPS) is 21.3. The van der Waals surface area contributed by atoms with Crippen LogP contribution < -0.4 is 10.2 Å². The number of rotatable bonds is 4. The zero-order valence-electron chi connectivity index (χ0n) is 19.8. The van der Waals surface area contributed by atoms with Crippen LogP contribution in [-0.4, -0.2) is 47.7 Å². The van der Waals surface area contributed by atoms with Crippen molar-refractivity contribution in [1.29, 1.82) is 0 Å². The van der Waals surface area contributed by atoms with Crippen molar-refractivity contribution < 1.29 is 28.3 Å². The number of nitro benzene ring substituents is 1. The summed E-state index contributed by atoms with van der Waals surface area (Å²) in [5.41, 5.74) is 0.677. The van der Waals surface area contributed by atoms with Crippen LogP contribution in [0, 0.1) is 15.9 Å². The molecule has 0 aromatic heterocycles. The average molecular weight is 474 g/mol. The summed E-state index contributed by atoms with van der Waals surface area (Å²) in [6, 6.07) is 8.65. The van der Waals surface area contributed by atoms with Crippen LogP contribution in [0.15, 0.2) is 36.4 Å². The van der Waals surface area contributed by atoms with Gasteiger partial charge in [0.05, 0.1) is 4.92 Å². The van der Waals surface area contributed by atoms with E-state index < -0.39 is 28.2 Å². The summed E-state index contributed by atoms with van der Waals surface area (Å²) < 4.78 is 30.8. The van der Waals surface area contributed by atoms with Crippen LogP contribution in [0.5, 0.6) is 0 Å². The fraction of sp³-hybridized carbons (Fsp3) is 0.458. The van der Waals surface area contributed by atoms with Crippen LogP contribution in [0.1, 0.15) is 34.6 Å².